The van der Waals surface area contributed by atoms with Crippen LogP contribution in [0.4, 0.5) is 15.8 Å². The van der Waals surface area contributed by atoms with E-state index in [-0.39, 0.29) is 18.1 Å². The summed E-state index contributed by atoms with van der Waals surface area (Å²) < 4.78 is 13.9. The van der Waals surface area contributed by atoms with Crippen LogP contribution in [0, 0.1) is 19.7 Å². The summed E-state index contributed by atoms with van der Waals surface area (Å²) in [7, 11) is 0. The Balaban J connectivity index is 2.16. The number of para-hydroxylation sites is 1. The van der Waals surface area contributed by atoms with Crippen LogP contribution in [-0.2, 0) is 9.59 Å². The van der Waals surface area contributed by atoms with Gasteiger partial charge in [-0.05, 0) is 37.6 Å². The quantitative estimate of drug-likeness (QED) is 0.940. The topological polar surface area (TPSA) is 49.4 Å². The zero-order chi connectivity index (χ0) is 17.0. The van der Waals surface area contributed by atoms with Gasteiger partial charge in [-0.1, -0.05) is 29.8 Å². The Bertz CT molecular complexity index is 744. The molecule has 0 aliphatic heterocycles. The maximum Gasteiger partial charge on any atom is 0.244 e. The van der Waals surface area contributed by atoms with E-state index in [2.05, 4.69) is 5.32 Å². The molecule has 0 aliphatic carbocycles. The highest BCUT2D eigenvalue weighted by Gasteiger charge is 2.19. The molecule has 23 heavy (non-hydrogen) atoms. The van der Waals surface area contributed by atoms with E-state index in [9.17, 15) is 14.0 Å². The largest absolute Gasteiger partial charge is 0.324 e. The lowest BCUT2D eigenvalue weighted by molar-refractivity contribution is -0.120. The van der Waals surface area contributed by atoms with Gasteiger partial charge in [-0.3, -0.25) is 9.59 Å². The van der Waals surface area contributed by atoms with E-state index in [0.717, 1.165) is 16.0 Å². The van der Waals surface area contributed by atoms with Gasteiger partial charge in [0.1, 0.15) is 12.4 Å². The zero-order valence-corrected chi connectivity index (χ0v) is 13.4. The van der Waals surface area contributed by atoms with Gasteiger partial charge >= 0.3 is 0 Å². The van der Waals surface area contributed by atoms with Gasteiger partial charge in [-0.15, -0.1) is 0 Å². The number of anilines is 2. The predicted octanol–water partition coefficient (Wildman–Crippen LogP) is 3.43. The number of rotatable bonds is 4. The summed E-state index contributed by atoms with van der Waals surface area (Å²) in [6.07, 6.45) is 0. The molecule has 120 valence electrons. The minimum atomic E-state index is -0.540. The van der Waals surface area contributed by atoms with Crippen molar-refractivity contribution in [2.75, 3.05) is 16.8 Å². The van der Waals surface area contributed by atoms with Crippen LogP contribution < -0.4 is 10.2 Å². The highest BCUT2D eigenvalue weighted by Crippen LogP contribution is 2.20. The van der Waals surface area contributed by atoms with E-state index in [4.69, 9.17) is 0 Å². The van der Waals surface area contributed by atoms with E-state index in [1.165, 1.54) is 25.1 Å². The van der Waals surface area contributed by atoms with Crippen LogP contribution >= 0.6 is 0 Å². The molecule has 0 saturated heterocycles. The number of benzene rings is 2. The van der Waals surface area contributed by atoms with Crippen LogP contribution in [0.3, 0.4) is 0 Å². The van der Waals surface area contributed by atoms with Crippen molar-refractivity contribution in [1.82, 2.24) is 0 Å². The summed E-state index contributed by atoms with van der Waals surface area (Å²) >= 11 is 0. The first kappa shape index (κ1) is 16.7. The molecule has 0 aliphatic rings. The minimum absolute atomic E-state index is 0.0933. The second-order valence-electron chi connectivity index (χ2n) is 5.42. The molecule has 0 unspecified atom stereocenters. The summed E-state index contributed by atoms with van der Waals surface area (Å²) in [6, 6.07) is 11.5. The first-order valence-corrected chi connectivity index (χ1v) is 7.28. The van der Waals surface area contributed by atoms with Crippen molar-refractivity contribution < 1.29 is 14.0 Å². The lowest BCUT2D eigenvalue weighted by Gasteiger charge is -2.21. The molecule has 2 amide bonds. The molecule has 0 atom stereocenters. The number of halogens is 1. The molecule has 4 nitrogen and oxygen atoms in total. The Morgan fingerprint density at radius 3 is 2.43 bits per heavy atom. The zero-order valence-electron chi connectivity index (χ0n) is 13.4. The van der Waals surface area contributed by atoms with Crippen molar-refractivity contribution in [3.8, 4) is 0 Å². The standard InChI is InChI=1S/C18H19FN2O2/c1-12-8-9-16(13(2)10-12)20-18(23)11-21(14(3)22)17-7-5-4-6-15(17)19/h4-10H,11H2,1-3H3,(H,20,23). The van der Waals surface area contributed by atoms with E-state index in [1.807, 2.05) is 32.0 Å². The molecule has 5 heteroatoms. The Kier molecular flexibility index (Phi) is 5.11. The van der Waals surface area contributed by atoms with Gasteiger partial charge in [0.05, 0.1) is 5.69 Å². The summed E-state index contributed by atoms with van der Waals surface area (Å²) in [4.78, 5) is 25.1. The maximum atomic E-state index is 13.9. The van der Waals surface area contributed by atoms with E-state index >= 15 is 0 Å². The molecular formula is C18H19FN2O2. The van der Waals surface area contributed by atoms with Gasteiger partial charge in [-0.25, -0.2) is 4.39 Å². The molecule has 2 aromatic carbocycles. The molecule has 0 radical (unpaired) electrons. The van der Waals surface area contributed by atoms with Crippen molar-refractivity contribution >= 4 is 23.2 Å². The molecule has 2 rings (SSSR count). The van der Waals surface area contributed by atoms with Crippen molar-refractivity contribution in [1.29, 1.82) is 0 Å². The molecule has 1 N–H and O–H groups in total. The third-order valence-electron chi connectivity index (χ3n) is 3.48. The van der Waals surface area contributed by atoms with Gasteiger partial charge < -0.3 is 10.2 Å². The fourth-order valence-corrected chi connectivity index (χ4v) is 2.32. The third-order valence-corrected chi connectivity index (χ3v) is 3.48. The van der Waals surface area contributed by atoms with Gasteiger partial charge in [0.2, 0.25) is 11.8 Å². The fourth-order valence-electron chi connectivity index (χ4n) is 2.32. The number of nitrogens with one attached hydrogen (secondary N) is 1. The number of carbonyl (C=O) groups excluding carboxylic acids is 2. The SMILES string of the molecule is CC(=O)N(CC(=O)Nc1ccc(C)cc1C)c1ccccc1F. The number of amides is 2. The lowest BCUT2D eigenvalue weighted by Crippen LogP contribution is -2.37. The van der Waals surface area contributed by atoms with Crippen LogP contribution in [0.15, 0.2) is 42.5 Å². The Morgan fingerprint density at radius 2 is 1.83 bits per heavy atom. The number of aryl methyl sites for hydroxylation is 2. The summed E-state index contributed by atoms with van der Waals surface area (Å²) in [5.74, 6) is -1.32. The third kappa shape index (κ3) is 4.16. The van der Waals surface area contributed by atoms with Crippen molar-refractivity contribution in [3.63, 3.8) is 0 Å². The van der Waals surface area contributed by atoms with Gasteiger partial charge in [0.15, 0.2) is 0 Å². The molecular weight excluding hydrogens is 295 g/mol. The first-order chi connectivity index (χ1) is 10.9. The number of carbonyl (C=O) groups is 2. The molecule has 0 saturated carbocycles. The summed E-state index contributed by atoms with van der Waals surface area (Å²) in [5, 5.41) is 2.76. The second-order valence-corrected chi connectivity index (χ2v) is 5.42. The van der Waals surface area contributed by atoms with Crippen LogP contribution in [0.2, 0.25) is 0 Å². The Morgan fingerprint density at radius 1 is 1.13 bits per heavy atom. The first-order valence-electron chi connectivity index (χ1n) is 7.28. The molecule has 2 aromatic rings. The number of hydrogen-bond acceptors (Lipinski definition) is 2. The molecule has 0 heterocycles. The van der Waals surface area contributed by atoms with Gasteiger partial charge in [0.25, 0.3) is 0 Å². The van der Waals surface area contributed by atoms with Crippen LogP contribution in [0.25, 0.3) is 0 Å². The van der Waals surface area contributed by atoms with Crippen molar-refractivity contribution in [2.45, 2.75) is 20.8 Å². The van der Waals surface area contributed by atoms with E-state index < -0.39 is 11.7 Å². The minimum Gasteiger partial charge on any atom is -0.324 e. The number of nitrogens with zero attached hydrogens (tertiary/aromatic N) is 1. The second kappa shape index (κ2) is 7.05. The molecule has 0 fully saturated rings. The van der Waals surface area contributed by atoms with Gasteiger partial charge in [-0.2, -0.15) is 0 Å². The molecule has 0 bridgehead atoms. The van der Waals surface area contributed by atoms with Crippen LogP contribution in [-0.4, -0.2) is 18.4 Å². The molecule has 0 spiro atoms. The molecule has 0 aromatic heterocycles. The van der Waals surface area contributed by atoms with Crippen molar-refractivity contribution in [3.05, 3.63) is 59.4 Å². The normalized spacial score (nSPS) is 10.3. The summed E-state index contributed by atoms with van der Waals surface area (Å²) in [5.41, 5.74) is 2.80. The monoisotopic (exact) mass is 314 g/mol. The van der Waals surface area contributed by atoms with Gasteiger partial charge in [0, 0.05) is 12.6 Å². The smallest absolute Gasteiger partial charge is 0.244 e. The van der Waals surface area contributed by atoms with E-state index in [0.29, 0.717) is 5.69 Å². The highest BCUT2D eigenvalue weighted by molar-refractivity contribution is 6.02. The lowest BCUT2D eigenvalue weighted by atomic mass is 10.1. The average molecular weight is 314 g/mol. The Hall–Kier alpha value is -2.69. The van der Waals surface area contributed by atoms with E-state index in [1.54, 1.807) is 6.07 Å². The van der Waals surface area contributed by atoms with Crippen molar-refractivity contribution in [2.24, 2.45) is 0 Å². The number of hydrogen-bond donors (Lipinski definition) is 1. The summed E-state index contributed by atoms with van der Waals surface area (Å²) in [6.45, 7) is 4.91. The predicted molar refractivity (Wildman–Crippen MR) is 89.0 cm³/mol. The van der Waals surface area contributed by atoms with Crippen LogP contribution in [0.1, 0.15) is 18.1 Å². The Labute approximate surface area is 134 Å². The average Bonchev–Trinajstić information content (AvgIpc) is 2.48. The van der Waals surface area contributed by atoms with Crippen LogP contribution in [0.5, 0.6) is 0 Å². The fraction of sp³-hybridized carbons (Fsp3) is 0.222. The maximum absolute atomic E-state index is 13.9. The highest BCUT2D eigenvalue weighted by atomic mass is 19.1.